The molecule has 0 spiro atoms. The second-order valence-electron chi connectivity index (χ2n) is 3.55. The number of rotatable bonds is 8. The SMILES string of the molecule is C=CCc1ccccc1OS(=O)(=O)S(=O)(=O)OCCO. The van der Waals surface area contributed by atoms with Gasteiger partial charge in [-0.1, -0.05) is 24.3 Å². The molecule has 0 aliphatic rings. The summed E-state index contributed by atoms with van der Waals surface area (Å²) < 4.78 is 54.8. The lowest BCUT2D eigenvalue weighted by Gasteiger charge is -2.10. The van der Waals surface area contributed by atoms with E-state index in [1.807, 2.05) is 0 Å². The molecule has 9 heteroatoms. The smallest absolute Gasteiger partial charge is 0.394 e. The van der Waals surface area contributed by atoms with E-state index in [-0.39, 0.29) is 5.75 Å². The van der Waals surface area contributed by atoms with Gasteiger partial charge >= 0.3 is 18.3 Å². The third kappa shape index (κ3) is 4.04. The van der Waals surface area contributed by atoms with E-state index in [1.165, 1.54) is 18.2 Å². The van der Waals surface area contributed by atoms with Crippen molar-refractivity contribution in [2.24, 2.45) is 0 Å². The maximum atomic E-state index is 11.6. The van der Waals surface area contributed by atoms with Crippen molar-refractivity contribution in [3.05, 3.63) is 42.5 Å². The van der Waals surface area contributed by atoms with Crippen molar-refractivity contribution < 1.29 is 30.3 Å². The summed E-state index contributed by atoms with van der Waals surface area (Å²) in [7, 11) is -10.0. The van der Waals surface area contributed by atoms with E-state index in [1.54, 1.807) is 12.1 Å². The summed E-state index contributed by atoms with van der Waals surface area (Å²) in [4.78, 5) is 0. The fourth-order valence-corrected chi connectivity index (χ4v) is 3.15. The summed E-state index contributed by atoms with van der Waals surface area (Å²) in [5, 5.41) is 8.46. The highest BCUT2D eigenvalue weighted by Crippen LogP contribution is 2.22. The molecule has 1 N–H and O–H groups in total. The van der Waals surface area contributed by atoms with Gasteiger partial charge in [0.25, 0.3) is 0 Å². The third-order valence-electron chi connectivity index (χ3n) is 2.10. The molecule has 0 unspecified atom stereocenters. The number of benzene rings is 1. The highest BCUT2D eigenvalue weighted by Gasteiger charge is 2.34. The number of hydrogen-bond donors (Lipinski definition) is 1. The van der Waals surface area contributed by atoms with Crippen LogP contribution in [-0.4, -0.2) is 35.2 Å². The van der Waals surface area contributed by atoms with Crippen LogP contribution >= 0.6 is 0 Å². The average molecular weight is 322 g/mol. The van der Waals surface area contributed by atoms with E-state index in [9.17, 15) is 16.8 Å². The fraction of sp³-hybridized carbons (Fsp3) is 0.273. The molecule has 0 saturated carbocycles. The van der Waals surface area contributed by atoms with Gasteiger partial charge in [0.05, 0.1) is 13.2 Å². The lowest BCUT2D eigenvalue weighted by molar-refractivity contribution is 0.208. The predicted octanol–water partition coefficient (Wildman–Crippen LogP) is 0.377. The van der Waals surface area contributed by atoms with Crippen LogP contribution < -0.4 is 4.18 Å². The Morgan fingerprint density at radius 3 is 2.40 bits per heavy atom. The fourth-order valence-electron chi connectivity index (χ4n) is 1.26. The van der Waals surface area contributed by atoms with Gasteiger partial charge in [-0.05, 0) is 18.1 Å². The Morgan fingerprint density at radius 1 is 1.15 bits per heavy atom. The third-order valence-corrected chi connectivity index (χ3v) is 5.43. The molecule has 1 rings (SSSR count). The Hall–Kier alpha value is -1.42. The minimum absolute atomic E-state index is 0.122. The van der Waals surface area contributed by atoms with Crippen LogP contribution in [0.2, 0.25) is 0 Å². The van der Waals surface area contributed by atoms with Crippen molar-refractivity contribution in [2.45, 2.75) is 6.42 Å². The number of aliphatic hydroxyl groups is 1. The Bertz CT molecular complexity index is 662. The largest absolute Gasteiger partial charge is 0.444 e. The van der Waals surface area contributed by atoms with Crippen LogP contribution in [0.25, 0.3) is 0 Å². The molecule has 0 radical (unpaired) electrons. The van der Waals surface area contributed by atoms with E-state index >= 15 is 0 Å². The second-order valence-corrected chi connectivity index (χ2v) is 8.03. The standard InChI is InChI=1S/C11H14O7S2/c1-2-5-10-6-3-4-7-11(10)18-20(15,16)19(13,14)17-9-8-12/h2-4,6-7,12H,1,5,8-9H2. The molecule has 0 fully saturated rings. The van der Waals surface area contributed by atoms with Gasteiger partial charge in [0.1, 0.15) is 5.75 Å². The first-order valence-corrected chi connectivity index (χ1v) is 8.81. The topological polar surface area (TPSA) is 107 Å². The highest BCUT2D eigenvalue weighted by molar-refractivity contribution is 8.63. The molecule has 0 amide bonds. The first kappa shape index (κ1) is 16.6. The van der Waals surface area contributed by atoms with Gasteiger partial charge in [-0.15, -0.1) is 6.58 Å². The van der Waals surface area contributed by atoms with Crippen molar-refractivity contribution in [3.63, 3.8) is 0 Å². The summed E-state index contributed by atoms with van der Waals surface area (Å²) in [5.41, 5.74) is 0.462. The molecule has 112 valence electrons. The van der Waals surface area contributed by atoms with Crippen LogP contribution in [0, 0.1) is 0 Å². The van der Waals surface area contributed by atoms with Gasteiger partial charge in [0.15, 0.2) is 0 Å². The zero-order chi connectivity index (χ0) is 15.2. The van der Waals surface area contributed by atoms with Gasteiger partial charge in [0, 0.05) is 0 Å². The molecule has 7 nitrogen and oxygen atoms in total. The zero-order valence-electron chi connectivity index (χ0n) is 10.4. The summed E-state index contributed by atoms with van der Waals surface area (Å²) in [6.07, 6.45) is 1.83. The first-order chi connectivity index (χ1) is 9.34. The van der Waals surface area contributed by atoms with Crippen molar-refractivity contribution >= 4 is 18.3 Å². The van der Waals surface area contributed by atoms with E-state index in [4.69, 9.17) is 5.11 Å². The van der Waals surface area contributed by atoms with E-state index < -0.39 is 31.5 Å². The summed E-state index contributed by atoms with van der Waals surface area (Å²) >= 11 is 0. The summed E-state index contributed by atoms with van der Waals surface area (Å²) in [6.45, 7) is 2.20. The number of aliphatic hydroxyl groups excluding tert-OH is 1. The van der Waals surface area contributed by atoms with Gasteiger partial charge < -0.3 is 9.29 Å². The molecule has 0 saturated heterocycles. The number of allylic oxidation sites excluding steroid dienone is 1. The lowest BCUT2D eigenvalue weighted by Crippen LogP contribution is -2.24. The molecule has 0 atom stereocenters. The van der Waals surface area contributed by atoms with E-state index in [2.05, 4.69) is 14.9 Å². The van der Waals surface area contributed by atoms with Crippen LogP contribution in [0.3, 0.4) is 0 Å². The molecule has 20 heavy (non-hydrogen) atoms. The molecule has 0 bridgehead atoms. The van der Waals surface area contributed by atoms with Crippen LogP contribution in [0.1, 0.15) is 5.56 Å². The molecule has 0 aliphatic carbocycles. The molecule has 0 aromatic heterocycles. The average Bonchev–Trinajstić information content (AvgIpc) is 2.38. The van der Waals surface area contributed by atoms with Gasteiger partial charge in [-0.3, -0.25) is 4.18 Å². The van der Waals surface area contributed by atoms with Crippen LogP contribution in [0.4, 0.5) is 0 Å². The minimum atomic E-state index is -5.02. The Kier molecular flexibility index (Phi) is 5.69. The van der Waals surface area contributed by atoms with E-state index in [0.717, 1.165) is 0 Å². The zero-order valence-corrected chi connectivity index (χ0v) is 12.1. The highest BCUT2D eigenvalue weighted by atomic mass is 33.2. The van der Waals surface area contributed by atoms with Crippen LogP contribution in [0.5, 0.6) is 5.75 Å². The quantitative estimate of drug-likeness (QED) is 0.544. The minimum Gasteiger partial charge on any atom is -0.394 e. The lowest BCUT2D eigenvalue weighted by atomic mass is 10.1. The van der Waals surface area contributed by atoms with Crippen molar-refractivity contribution in [2.75, 3.05) is 13.2 Å². The monoisotopic (exact) mass is 322 g/mol. The predicted molar refractivity (Wildman–Crippen MR) is 71.8 cm³/mol. The number of hydrogen-bond acceptors (Lipinski definition) is 7. The molecular weight excluding hydrogens is 308 g/mol. The molecule has 1 aromatic rings. The Morgan fingerprint density at radius 2 is 1.80 bits per heavy atom. The van der Waals surface area contributed by atoms with Gasteiger partial charge in [-0.2, -0.15) is 16.8 Å². The number of para-hydroxylation sites is 1. The molecule has 1 aromatic carbocycles. The Labute approximate surface area is 117 Å². The van der Waals surface area contributed by atoms with Crippen molar-refractivity contribution in [1.29, 1.82) is 0 Å². The van der Waals surface area contributed by atoms with Crippen LogP contribution in [-0.2, 0) is 28.9 Å². The van der Waals surface area contributed by atoms with Crippen molar-refractivity contribution in [1.82, 2.24) is 0 Å². The maximum Gasteiger partial charge on any atom is 0.444 e. The summed E-state index contributed by atoms with van der Waals surface area (Å²) in [6, 6.07) is 6.04. The molecule has 0 aliphatic heterocycles. The van der Waals surface area contributed by atoms with Gasteiger partial charge in [-0.25, -0.2) is 0 Å². The molecule has 0 heterocycles. The normalized spacial score (nSPS) is 12.1. The summed E-state index contributed by atoms with van der Waals surface area (Å²) in [5.74, 6) is -0.122. The van der Waals surface area contributed by atoms with Gasteiger partial charge in [0.2, 0.25) is 0 Å². The van der Waals surface area contributed by atoms with E-state index in [0.29, 0.717) is 12.0 Å². The second kappa shape index (κ2) is 6.84. The van der Waals surface area contributed by atoms with Crippen LogP contribution in [0.15, 0.2) is 36.9 Å². The molecular formula is C11H14O7S2. The first-order valence-electron chi connectivity index (χ1n) is 5.47. The Balaban J connectivity index is 3.05. The van der Waals surface area contributed by atoms with Crippen molar-refractivity contribution in [3.8, 4) is 5.75 Å². The maximum absolute atomic E-state index is 11.6.